The lowest BCUT2D eigenvalue weighted by atomic mass is 10.1. The highest BCUT2D eigenvalue weighted by Gasteiger charge is 2.04. The number of nitrogens with zero attached hydrogens (tertiary/aromatic N) is 2. The van der Waals surface area contributed by atoms with Crippen molar-refractivity contribution in [1.29, 1.82) is 0 Å². The van der Waals surface area contributed by atoms with Gasteiger partial charge in [0.25, 0.3) is 5.91 Å². The van der Waals surface area contributed by atoms with Gasteiger partial charge in [0.1, 0.15) is 5.82 Å². The molecule has 6 heteroatoms. The Kier molecular flexibility index (Phi) is 4.49. The maximum absolute atomic E-state index is 11.3. The highest BCUT2D eigenvalue weighted by Crippen LogP contribution is 2.07. The molecule has 0 aliphatic carbocycles. The third-order valence-corrected chi connectivity index (χ3v) is 2.82. The standard InChI is InChI=1S/C14H17N5O/c1-16-14(20)12-6-7-13(19-18-12)17-9-8-10-2-4-11(15)5-3-10/h2-7H,8-9,15H2,1H3,(H,16,20)(H,17,19). The van der Waals surface area contributed by atoms with E-state index in [0.29, 0.717) is 11.5 Å². The third kappa shape index (κ3) is 3.68. The summed E-state index contributed by atoms with van der Waals surface area (Å²) in [4.78, 5) is 11.3. The fourth-order valence-corrected chi connectivity index (χ4v) is 1.69. The summed E-state index contributed by atoms with van der Waals surface area (Å²) in [7, 11) is 1.56. The summed E-state index contributed by atoms with van der Waals surface area (Å²) >= 11 is 0. The smallest absolute Gasteiger partial charge is 0.271 e. The maximum Gasteiger partial charge on any atom is 0.271 e. The van der Waals surface area contributed by atoms with Crippen molar-refractivity contribution in [2.75, 3.05) is 24.6 Å². The molecule has 6 nitrogen and oxygen atoms in total. The van der Waals surface area contributed by atoms with Gasteiger partial charge in [-0.25, -0.2) is 0 Å². The van der Waals surface area contributed by atoms with Gasteiger partial charge >= 0.3 is 0 Å². The molecule has 0 bridgehead atoms. The van der Waals surface area contributed by atoms with Crippen LogP contribution in [0.1, 0.15) is 16.1 Å². The molecular weight excluding hydrogens is 254 g/mol. The van der Waals surface area contributed by atoms with Crippen molar-refractivity contribution in [1.82, 2.24) is 15.5 Å². The Balaban J connectivity index is 1.85. The van der Waals surface area contributed by atoms with Crippen molar-refractivity contribution in [3.8, 4) is 0 Å². The molecule has 2 aromatic rings. The fraction of sp³-hybridized carbons (Fsp3) is 0.214. The van der Waals surface area contributed by atoms with Gasteiger partial charge in [0.05, 0.1) is 0 Å². The number of nitrogen functional groups attached to an aromatic ring is 1. The quantitative estimate of drug-likeness (QED) is 0.707. The number of carbonyl (C=O) groups excluding carboxylic acids is 1. The molecule has 0 aliphatic rings. The Labute approximate surface area is 117 Å². The Hall–Kier alpha value is -2.63. The minimum atomic E-state index is -0.245. The Morgan fingerprint density at radius 3 is 2.50 bits per heavy atom. The molecule has 0 atom stereocenters. The number of nitrogens with two attached hydrogens (primary N) is 1. The number of benzene rings is 1. The van der Waals surface area contributed by atoms with Gasteiger partial charge in [-0.3, -0.25) is 4.79 Å². The number of hydrogen-bond donors (Lipinski definition) is 3. The van der Waals surface area contributed by atoms with Crippen molar-refractivity contribution >= 4 is 17.4 Å². The van der Waals surface area contributed by atoms with Crippen LogP contribution < -0.4 is 16.4 Å². The molecule has 0 spiro atoms. The van der Waals surface area contributed by atoms with Gasteiger partial charge in [-0.15, -0.1) is 10.2 Å². The molecule has 104 valence electrons. The molecule has 0 unspecified atom stereocenters. The molecule has 1 heterocycles. The Morgan fingerprint density at radius 2 is 1.90 bits per heavy atom. The van der Waals surface area contributed by atoms with E-state index in [1.165, 1.54) is 5.56 Å². The van der Waals surface area contributed by atoms with E-state index < -0.39 is 0 Å². The second-order valence-electron chi connectivity index (χ2n) is 4.30. The molecule has 0 saturated carbocycles. The second kappa shape index (κ2) is 6.51. The summed E-state index contributed by atoms with van der Waals surface area (Å²) in [6.07, 6.45) is 0.860. The van der Waals surface area contributed by atoms with Crippen LogP contribution in [-0.4, -0.2) is 29.7 Å². The predicted molar refractivity (Wildman–Crippen MR) is 78.5 cm³/mol. The topological polar surface area (TPSA) is 92.9 Å². The number of carbonyl (C=O) groups is 1. The SMILES string of the molecule is CNC(=O)c1ccc(NCCc2ccc(N)cc2)nn1. The van der Waals surface area contributed by atoms with Crippen LogP contribution in [0.5, 0.6) is 0 Å². The van der Waals surface area contributed by atoms with Gasteiger partial charge in [-0.2, -0.15) is 0 Å². The molecule has 0 fully saturated rings. The average Bonchev–Trinajstić information content (AvgIpc) is 2.49. The van der Waals surface area contributed by atoms with Gasteiger partial charge in [-0.05, 0) is 36.2 Å². The largest absolute Gasteiger partial charge is 0.399 e. The number of aromatic nitrogens is 2. The molecule has 1 amide bonds. The summed E-state index contributed by atoms with van der Waals surface area (Å²) in [6.45, 7) is 0.734. The number of amides is 1. The molecule has 0 saturated heterocycles. The van der Waals surface area contributed by atoms with E-state index in [9.17, 15) is 4.79 Å². The van der Waals surface area contributed by atoms with Crippen LogP contribution in [0.3, 0.4) is 0 Å². The van der Waals surface area contributed by atoms with Crippen LogP contribution in [0.2, 0.25) is 0 Å². The first-order valence-electron chi connectivity index (χ1n) is 6.33. The first-order chi connectivity index (χ1) is 9.69. The van der Waals surface area contributed by atoms with Crippen molar-refractivity contribution < 1.29 is 4.79 Å². The minimum absolute atomic E-state index is 0.245. The molecular formula is C14H17N5O. The zero-order chi connectivity index (χ0) is 14.4. The molecule has 2 rings (SSSR count). The van der Waals surface area contributed by atoms with E-state index in [-0.39, 0.29) is 5.91 Å². The molecule has 20 heavy (non-hydrogen) atoms. The Morgan fingerprint density at radius 1 is 1.15 bits per heavy atom. The predicted octanol–water partition coefficient (Wildman–Crippen LogP) is 1.07. The summed E-state index contributed by atoms with van der Waals surface area (Å²) in [5.41, 5.74) is 7.89. The van der Waals surface area contributed by atoms with Gasteiger partial charge in [0.15, 0.2) is 5.69 Å². The van der Waals surface area contributed by atoms with Gasteiger partial charge in [-0.1, -0.05) is 12.1 Å². The Bertz CT molecular complexity index is 565. The van der Waals surface area contributed by atoms with Gasteiger partial charge < -0.3 is 16.4 Å². The van der Waals surface area contributed by atoms with Crippen molar-refractivity contribution in [2.24, 2.45) is 0 Å². The fourth-order valence-electron chi connectivity index (χ4n) is 1.69. The summed E-state index contributed by atoms with van der Waals surface area (Å²) in [5, 5.41) is 13.4. The number of anilines is 2. The number of rotatable bonds is 5. The lowest BCUT2D eigenvalue weighted by molar-refractivity contribution is 0.0957. The average molecular weight is 271 g/mol. The minimum Gasteiger partial charge on any atom is -0.399 e. The maximum atomic E-state index is 11.3. The van der Waals surface area contributed by atoms with Crippen molar-refractivity contribution in [3.05, 3.63) is 47.7 Å². The van der Waals surface area contributed by atoms with Crippen molar-refractivity contribution in [3.63, 3.8) is 0 Å². The zero-order valence-corrected chi connectivity index (χ0v) is 11.3. The van der Waals surface area contributed by atoms with Crippen LogP contribution in [0.4, 0.5) is 11.5 Å². The first kappa shape index (κ1) is 13.8. The van der Waals surface area contributed by atoms with Crippen LogP contribution in [0.15, 0.2) is 36.4 Å². The summed E-state index contributed by atoms with van der Waals surface area (Å²) in [5.74, 6) is 0.402. The van der Waals surface area contributed by atoms with E-state index in [4.69, 9.17) is 5.73 Å². The van der Waals surface area contributed by atoms with Crippen LogP contribution in [0.25, 0.3) is 0 Å². The third-order valence-electron chi connectivity index (χ3n) is 2.82. The van der Waals surface area contributed by atoms with Gasteiger partial charge in [0, 0.05) is 19.3 Å². The molecule has 0 radical (unpaired) electrons. The van der Waals surface area contributed by atoms with E-state index >= 15 is 0 Å². The monoisotopic (exact) mass is 271 g/mol. The lowest BCUT2D eigenvalue weighted by Gasteiger charge is -2.06. The lowest BCUT2D eigenvalue weighted by Crippen LogP contribution is -2.20. The van der Waals surface area contributed by atoms with Gasteiger partial charge in [0.2, 0.25) is 0 Å². The van der Waals surface area contributed by atoms with Crippen LogP contribution in [0, 0.1) is 0 Å². The van der Waals surface area contributed by atoms with Crippen LogP contribution in [-0.2, 0) is 6.42 Å². The van der Waals surface area contributed by atoms with Crippen molar-refractivity contribution in [2.45, 2.75) is 6.42 Å². The highest BCUT2D eigenvalue weighted by molar-refractivity contribution is 5.91. The molecule has 4 N–H and O–H groups in total. The van der Waals surface area contributed by atoms with E-state index in [1.807, 2.05) is 24.3 Å². The normalized spacial score (nSPS) is 10.1. The number of hydrogen-bond acceptors (Lipinski definition) is 5. The van der Waals surface area contributed by atoms with E-state index in [1.54, 1.807) is 19.2 Å². The molecule has 1 aromatic carbocycles. The van der Waals surface area contributed by atoms with Crippen LogP contribution >= 0.6 is 0 Å². The molecule has 0 aliphatic heterocycles. The highest BCUT2D eigenvalue weighted by atomic mass is 16.1. The van der Waals surface area contributed by atoms with E-state index in [0.717, 1.165) is 18.7 Å². The second-order valence-corrected chi connectivity index (χ2v) is 4.30. The number of nitrogens with one attached hydrogen (secondary N) is 2. The summed E-state index contributed by atoms with van der Waals surface area (Å²) in [6, 6.07) is 11.1. The van der Waals surface area contributed by atoms with E-state index in [2.05, 4.69) is 20.8 Å². The summed E-state index contributed by atoms with van der Waals surface area (Å²) < 4.78 is 0. The molecule has 1 aromatic heterocycles. The zero-order valence-electron chi connectivity index (χ0n) is 11.3. The first-order valence-corrected chi connectivity index (χ1v) is 6.33.